The van der Waals surface area contributed by atoms with Gasteiger partial charge < -0.3 is 9.63 Å². The van der Waals surface area contributed by atoms with Crippen LogP contribution in [0.3, 0.4) is 0 Å². The Morgan fingerprint density at radius 3 is 2.74 bits per heavy atom. The molecule has 1 heterocycles. The van der Waals surface area contributed by atoms with Gasteiger partial charge in [0, 0.05) is 5.39 Å². The molecular formula is C16H17NO2. The maximum atomic E-state index is 10.5. The molecule has 4 rings (SSSR count). The summed E-state index contributed by atoms with van der Waals surface area (Å²) in [6.45, 7) is 1.96. The van der Waals surface area contributed by atoms with Crippen LogP contribution in [0.2, 0.25) is 0 Å². The van der Waals surface area contributed by atoms with E-state index in [1.165, 1.54) is 17.6 Å². The molecule has 0 saturated heterocycles. The molecule has 1 N–H and O–H groups in total. The number of nitrogens with zero attached hydrogens (tertiary/aromatic N) is 1. The van der Waals surface area contributed by atoms with Gasteiger partial charge in [-0.05, 0) is 62.3 Å². The molecule has 2 aliphatic carbocycles. The third kappa shape index (κ3) is 1.47. The van der Waals surface area contributed by atoms with E-state index in [4.69, 9.17) is 4.52 Å². The fraction of sp³-hybridized carbons (Fsp3) is 0.438. The zero-order valence-corrected chi connectivity index (χ0v) is 11.1. The van der Waals surface area contributed by atoms with Gasteiger partial charge in [0.2, 0.25) is 0 Å². The first kappa shape index (κ1) is 11.1. The number of allylic oxidation sites excluding steroid dienone is 2. The molecule has 98 valence electrons. The van der Waals surface area contributed by atoms with Gasteiger partial charge in [-0.3, -0.25) is 0 Å². The van der Waals surface area contributed by atoms with Gasteiger partial charge in [0.25, 0.3) is 0 Å². The second-order valence-electron chi connectivity index (χ2n) is 5.87. The average Bonchev–Trinajstić information content (AvgIpc) is 3.08. The molecule has 0 unspecified atom stereocenters. The van der Waals surface area contributed by atoms with Crippen LogP contribution in [0.15, 0.2) is 34.1 Å². The molecule has 2 saturated carbocycles. The minimum absolute atomic E-state index is 0.104. The molecule has 0 aliphatic heterocycles. The van der Waals surface area contributed by atoms with E-state index in [1.54, 1.807) is 0 Å². The van der Waals surface area contributed by atoms with Crippen LogP contribution >= 0.6 is 0 Å². The van der Waals surface area contributed by atoms with Crippen LogP contribution in [0.1, 0.15) is 43.4 Å². The SMILES string of the molecule is Cc1noc2ccc(C3(C(O)=C4CCC4)CC3)cc12. The van der Waals surface area contributed by atoms with Gasteiger partial charge in [-0.2, -0.15) is 0 Å². The van der Waals surface area contributed by atoms with Crippen molar-refractivity contribution in [2.24, 2.45) is 0 Å². The number of hydrogen-bond acceptors (Lipinski definition) is 3. The number of aromatic nitrogens is 1. The van der Waals surface area contributed by atoms with Crippen LogP contribution in [0.5, 0.6) is 0 Å². The minimum atomic E-state index is -0.104. The van der Waals surface area contributed by atoms with E-state index in [0.29, 0.717) is 5.76 Å². The summed E-state index contributed by atoms with van der Waals surface area (Å²) in [5.74, 6) is 0.646. The van der Waals surface area contributed by atoms with E-state index in [2.05, 4.69) is 17.3 Å². The maximum Gasteiger partial charge on any atom is 0.167 e. The Kier molecular flexibility index (Phi) is 2.12. The molecule has 0 bridgehead atoms. The van der Waals surface area contributed by atoms with E-state index in [9.17, 15) is 5.11 Å². The number of hydrogen-bond donors (Lipinski definition) is 1. The van der Waals surface area contributed by atoms with Crippen LogP contribution < -0.4 is 0 Å². The highest BCUT2D eigenvalue weighted by Gasteiger charge is 2.49. The lowest BCUT2D eigenvalue weighted by atomic mass is 9.83. The molecule has 0 spiro atoms. The molecule has 2 aliphatic rings. The highest BCUT2D eigenvalue weighted by atomic mass is 16.5. The third-order valence-corrected chi connectivity index (χ3v) is 4.70. The summed E-state index contributed by atoms with van der Waals surface area (Å²) in [6, 6.07) is 6.20. The minimum Gasteiger partial charge on any atom is -0.511 e. The van der Waals surface area contributed by atoms with Crippen molar-refractivity contribution in [1.82, 2.24) is 5.16 Å². The molecule has 19 heavy (non-hydrogen) atoms. The number of aryl methyl sites for hydroxylation is 1. The predicted molar refractivity (Wildman–Crippen MR) is 73.2 cm³/mol. The van der Waals surface area contributed by atoms with Crippen molar-refractivity contribution >= 4 is 11.0 Å². The van der Waals surface area contributed by atoms with Gasteiger partial charge in [-0.1, -0.05) is 11.2 Å². The van der Waals surface area contributed by atoms with Crippen LogP contribution in [0, 0.1) is 6.92 Å². The lowest BCUT2D eigenvalue weighted by Gasteiger charge is -2.24. The second kappa shape index (κ2) is 3.62. The number of rotatable bonds is 2. The normalized spacial score (nSPS) is 20.4. The zero-order valence-electron chi connectivity index (χ0n) is 11.1. The molecule has 3 heteroatoms. The summed E-state index contributed by atoms with van der Waals surface area (Å²) in [5.41, 5.74) is 4.12. The van der Waals surface area contributed by atoms with Crippen molar-refractivity contribution in [3.05, 3.63) is 40.8 Å². The third-order valence-electron chi connectivity index (χ3n) is 4.70. The predicted octanol–water partition coefficient (Wildman–Crippen LogP) is 4.16. The summed E-state index contributed by atoms with van der Waals surface area (Å²) < 4.78 is 5.25. The van der Waals surface area contributed by atoms with Gasteiger partial charge in [0.05, 0.1) is 11.1 Å². The van der Waals surface area contributed by atoms with Crippen LogP contribution in [0.25, 0.3) is 11.0 Å². The number of benzene rings is 1. The smallest absolute Gasteiger partial charge is 0.167 e. The Labute approximate surface area is 111 Å². The van der Waals surface area contributed by atoms with Crippen molar-refractivity contribution in [3.8, 4) is 0 Å². The van der Waals surface area contributed by atoms with E-state index in [-0.39, 0.29) is 5.41 Å². The Hall–Kier alpha value is -1.77. The van der Waals surface area contributed by atoms with Gasteiger partial charge in [0.1, 0.15) is 5.76 Å². The van der Waals surface area contributed by atoms with Crippen molar-refractivity contribution in [3.63, 3.8) is 0 Å². The molecular weight excluding hydrogens is 238 g/mol. The van der Waals surface area contributed by atoms with Gasteiger partial charge in [-0.15, -0.1) is 0 Å². The van der Waals surface area contributed by atoms with Crippen LogP contribution in [-0.2, 0) is 5.41 Å². The number of fused-ring (bicyclic) bond motifs is 1. The van der Waals surface area contributed by atoms with E-state index in [1.807, 2.05) is 13.0 Å². The van der Waals surface area contributed by atoms with Crippen LogP contribution in [0.4, 0.5) is 0 Å². The summed E-state index contributed by atoms with van der Waals surface area (Å²) in [6.07, 6.45) is 5.47. The molecule has 0 atom stereocenters. The van der Waals surface area contributed by atoms with E-state index >= 15 is 0 Å². The highest BCUT2D eigenvalue weighted by molar-refractivity contribution is 5.80. The summed E-state index contributed by atoms with van der Waals surface area (Å²) in [4.78, 5) is 0. The zero-order chi connectivity index (χ0) is 13.0. The fourth-order valence-electron chi connectivity index (χ4n) is 3.07. The molecule has 2 fully saturated rings. The van der Waals surface area contributed by atoms with E-state index < -0.39 is 0 Å². The quantitative estimate of drug-likeness (QED) is 0.819. The Morgan fingerprint density at radius 2 is 2.11 bits per heavy atom. The summed E-state index contributed by atoms with van der Waals surface area (Å²) in [5, 5.41) is 15.6. The molecule has 3 nitrogen and oxygen atoms in total. The lowest BCUT2D eigenvalue weighted by molar-refractivity contribution is 0.337. The summed E-state index contributed by atoms with van der Waals surface area (Å²) >= 11 is 0. The number of aliphatic hydroxyl groups excluding tert-OH is 1. The Bertz CT molecular complexity index is 686. The maximum absolute atomic E-state index is 10.5. The van der Waals surface area contributed by atoms with Crippen molar-refractivity contribution in [2.75, 3.05) is 0 Å². The first-order valence-electron chi connectivity index (χ1n) is 6.99. The molecule has 1 aromatic carbocycles. The Morgan fingerprint density at radius 1 is 1.32 bits per heavy atom. The topological polar surface area (TPSA) is 46.3 Å². The average molecular weight is 255 g/mol. The second-order valence-corrected chi connectivity index (χ2v) is 5.87. The largest absolute Gasteiger partial charge is 0.511 e. The fourth-order valence-corrected chi connectivity index (χ4v) is 3.07. The van der Waals surface area contributed by atoms with Gasteiger partial charge in [-0.25, -0.2) is 0 Å². The van der Waals surface area contributed by atoms with Crippen molar-refractivity contribution in [2.45, 2.75) is 44.4 Å². The molecule has 0 radical (unpaired) electrons. The van der Waals surface area contributed by atoms with Crippen molar-refractivity contribution < 1.29 is 9.63 Å². The molecule has 0 amide bonds. The first-order chi connectivity index (χ1) is 9.21. The first-order valence-corrected chi connectivity index (χ1v) is 6.99. The summed E-state index contributed by atoms with van der Waals surface area (Å²) in [7, 11) is 0. The van der Waals surface area contributed by atoms with Gasteiger partial charge >= 0.3 is 0 Å². The molecule has 1 aromatic heterocycles. The van der Waals surface area contributed by atoms with Gasteiger partial charge in [0.15, 0.2) is 5.58 Å². The Balaban J connectivity index is 1.83. The monoisotopic (exact) mass is 255 g/mol. The lowest BCUT2D eigenvalue weighted by Crippen LogP contribution is -2.15. The van der Waals surface area contributed by atoms with Crippen LogP contribution in [-0.4, -0.2) is 10.3 Å². The standard InChI is InChI=1S/C16H17NO2/c1-10-13-9-12(5-6-14(13)19-17-10)16(7-8-16)15(18)11-3-2-4-11/h5-6,9,18H,2-4,7-8H2,1H3. The van der Waals surface area contributed by atoms with E-state index in [0.717, 1.165) is 42.3 Å². The van der Waals surface area contributed by atoms with Crippen molar-refractivity contribution in [1.29, 1.82) is 0 Å². The highest BCUT2D eigenvalue weighted by Crippen LogP contribution is 2.55. The number of aliphatic hydroxyl groups is 1. The molecule has 2 aromatic rings.